The van der Waals surface area contributed by atoms with Crippen LogP contribution in [0.2, 0.25) is 0 Å². The summed E-state index contributed by atoms with van der Waals surface area (Å²) in [7, 11) is 3.85. The SMILES string of the molecule is CN(C)c1ccc(C(=O)N[C@@H]2CCc3nccn3C2)cn1. The van der Waals surface area contributed by atoms with Crippen molar-refractivity contribution in [2.24, 2.45) is 0 Å². The molecular formula is C15H19N5O. The number of anilines is 1. The molecule has 0 radical (unpaired) electrons. The lowest BCUT2D eigenvalue weighted by atomic mass is 10.1. The molecule has 1 N–H and O–H groups in total. The van der Waals surface area contributed by atoms with Crippen molar-refractivity contribution < 1.29 is 4.79 Å². The molecule has 0 aromatic carbocycles. The minimum atomic E-state index is -0.0682. The summed E-state index contributed by atoms with van der Waals surface area (Å²) in [6, 6.07) is 3.81. The Morgan fingerprint density at radius 1 is 1.38 bits per heavy atom. The monoisotopic (exact) mass is 285 g/mol. The van der Waals surface area contributed by atoms with E-state index >= 15 is 0 Å². The average Bonchev–Trinajstić information content (AvgIpc) is 2.95. The smallest absolute Gasteiger partial charge is 0.253 e. The van der Waals surface area contributed by atoms with E-state index in [-0.39, 0.29) is 11.9 Å². The minimum absolute atomic E-state index is 0.0682. The zero-order valence-corrected chi connectivity index (χ0v) is 12.3. The molecule has 0 unspecified atom stereocenters. The number of carbonyl (C=O) groups excluding carboxylic acids is 1. The Bertz CT molecular complexity index is 632. The van der Waals surface area contributed by atoms with E-state index in [4.69, 9.17) is 0 Å². The summed E-state index contributed by atoms with van der Waals surface area (Å²) in [5.74, 6) is 1.87. The van der Waals surface area contributed by atoms with Crippen molar-refractivity contribution in [1.29, 1.82) is 0 Å². The molecule has 6 nitrogen and oxygen atoms in total. The van der Waals surface area contributed by atoms with Crippen molar-refractivity contribution >= 4 is 11.7 Å². The molecule has 6 heteroatoms. The van der Waals surface area contributed by atoms with Gasteiger partial charge in [-0.25, -0.2) is 9.97 Å². The van der Waals surface area contributed by atoms with Gasteiger partial charge in [0, 0.05) is 51.7 Å². The van der Waals surface area contributed by atoms with Crippen LogP contribution in [0.25, 0.3) is 0 Å². The lowest BCUT2D eigenvalue weighted by Gasteiger charge is -2.24. The van der Waals surface area contributed by atoms with Gasteiger partial charge in [-0.15, -0.1) is 0 Å². The Morgan fingerprint density at radius 3 is 2.95 bits per heavy atom. The quantitative estimate of drug-likeness (QED) is 0.917. The topological polar surface area (TPSA) is 63.1 Å². The van der Waals surface area contributed by atoms with Crippen LogP contribution in [0.15, 0.2) is 30.7 Å². The van der Waals surface area contributed by atoms with Gasteiger partial charge >= 0.3 is 0 Å². The first kappa shape index (κ1) is 13.6. The first-order valence-corrected chi connectivity index (χ1v) is 7.08. The van der Waals surface area contributed by atoms with Crippen molar-refractivity contribution in [2.75, 3.05) is 19.0 Å². The van der Waals surface area contributed by atoms with Gasteiger partial charge in [0.05, 0.1) is 5.56 Å². The number of aryl methyl sites for hydroxylation is 1. The highest BCUT2D eigenvalue weighted by atomic mass is 16.1. The minimum Gasteiger partial charge on any atom is -0.363 e. The van der Waals surface area contributed by atoms with Crippen LogP contribution in [-0.2, 0) is 13.0 Å². The number of hydrogen-bond donors (Lipinski definition) is 1. The number of pyridine rings is 1. The van der Waals surface area contributed by atoms with Crippen LogP contribution in [0.1, 0.15) is 22.6 Å². The summed E-state index contributed by atoms with van der Waals surface area (Å²) in [5, 5.41) is 3.07. The van der Waals surface area contributed by atoms with E-state index < -0.39 is 0 Å². The van der Waals surface area contributed by atoms with Crippen molar-refractivity contribution in [3.63, 3.8) is 0 Å². The zero-order valence-electron chi connectivity index (χ0n) is 12.3. The van der Waals surface area contributed by atoms with Crippen LogP contribution >= 0.6 is 0 Å². The van der Waals surface area contributed by atoms with E-state index in [2.05, 4.69) is 19.9 Å². The molecule has 2 aromatic heterocycles. The Kier molecular flexibility index (Phi) is 3.60. The molecule has 0 aliphatic carbocycles. The summed E-state index contributed by atoms with van der Waals surface area (Å²) in [6.07, 6.45) is 7.21. The fourth-order valence-corrected chi connectivity index (χ4v) is 2.54. The number of nitrogens with one attached hydrogen (secondary N) is 1. The van der Waals surface area contributed by atoms with Crippen LogP contribution in [-0.4, -0.2) is 40.6 Å². The number of amides is 1. The van der Waals surface area contributed by atoms with Gasteiger partial charge in [0.25, 0.3) is 5.91 Å². The van der Waals surface area contributed by atoms with E-state index in [1.807, 2.05) is 43.5 Å². The van der Waals surface area contributed by atoms with Gasteiger partial charge in [-0.3, -0.25) is 4.79 Å². The average molecular weight is 285 g/mol. The second kappa shape index (κ2) is 5.55. The number of rotatable bonds is 3. The second-order valence-electron chi connectivity index (χ2n) is 5.50. The number of nitrogens with zero attached hydrogens (tertiary/aromatic N) is 4. The molecule has 2 aromatic rings. The maximum atomic E-state index is 12.3. The third-order valence-corrected chi connectivity index (χ3v) is 3.74. The van der Waals surface area contributed by atoms with Gasteiger partial charge in [-0.1, -0.05) is 0 Å². The van der Waals surface area contributed by atoms with Crippen LogP contribution < -0.4 is 10.2 Å². The maximum Gasteiger partial charge on any atom is 0.253 e. The zero-order chi connectivity index (χ0) is 14.8. The highest BCUT2D eigenvalue weighted by molar-refractivity contribution is 5.94. The third-order valence-electron chi connectivity index (χ3n) is 3.74. The predicted octanol–water partition coefficient (Wildman–Crippen LogP) is 1.09. The summed E-state index contributed by atoms with van der Waals surface area (Å²) >= 11 is 0. The van der Waals surface area contributed by atoms with Gasteiger partial charge in [-0.2, -0.15) is 0 Å². The van der Waals surface area contributed by atoms with E-state index in [9.17, 15) is 4.79 Å². The van der Waals surface area contributed by atoms with E-state index in [1.54, 1.807) is 6.20 Å². The molecule has 1 aliphatic heterocycles. The highest BCUT2D eigenvalue weighted by Gasteiger charge is 2.20. The largest absolute Gasteiger partial charge is 0.363 e. The molecule has 0 fully saturated rings. The fraction of sp³-hybridized carbons (Fsp3) is 0.400. The Balaban J connectivity index is 1.64. The van der Waals surface area contributed by atoms with Crippen molar-refractivity contribution in [1.82, 2.24) is 19.9 Å². The van der Waals surface area contributed by atoms with Gasteiger partial charge < -0.3 is 14.8 Å². The maximum absolute atomic E-state index is 12.3. The molecule has 21 heavy (non-hydrogen) atoms. The first-order valence-electron chi connectivity index (χ1n) is 7.08. The molecular weight excluding hydrogens is 266 g/mol. The molecule has 3 heterocycles. The number of aromatic nitrogens is 3. The fourth-order valence-electron chi connectivity index (χ4n) is 2.54. The standard InChI is InChI=1S/C15H19N5O/c1-19(2)13-5-3-11(9-17-13)15(21)18-12-4-6-14-16-7-8-20(14)10-12/h3,5,7-9,12H,4,6,10H2,1-2H3,(H,18,21)/t12-/m1/s1. The molecule has 1 aliphatic rings. The second-order valence-corrected chi connectivity index (χ2v) is 5.50. The summed E-state index contributed by atoms with van der Waals surface area (Å²) in [6.45, 7) is 0.782. The van der Waals surface area contributed by atoms with E-state index in [1.165, 1.54) is 0 Å². The number of hydrogen-bond acceptors (Lipinski definition) is 4. The lowest BCUT2D eigenvalue weighted by Crippen LogP contribution is -2.40. The van der Waals surface area contributed by atoms with Gasteiger partial charge in [0.2, 0.25) is 0 Å². The van der Waals surface area contributed by atoms with E-state index in [0.717, 1.165) is 31.0 Å². The molecule has 1 amide bonds. The summed E-state index contributed by atoms with van der Waals surface area (Å²) < 4.78 is 2.10. The van der Waals surface area contributed by atoms with Gasteiger partial charge in [-0.05, 0) is 18.6 Å². The van der Waals surface area contributed by atoms with Gasteiger partial charge in [0.1, 0.15) is 11.6 Å². The van der Waals surface area contributed by atoms with Crippen molar-refractivity contribution in [3.05, 3.63) is 42.1 Å². The number of fused-ring (bicyclic) bond motifs is 1. The summed E-state index contributed by atoms with van der Waals surface area (Å²) in [5.41, 5.74) is 0.594. The van der Waals surface area contributed by atoms with Crippen LogP contribution in [0, 0.1) is 0 Å². The van der Waals surface area contributed by atoms with E-state index in [0.29, 0.717) is 5.56 Å². The molecule has 0 saturated heterocycles. The van der Waals surface area contributed by atoms with Gasteiger partial charge in [0.15, 0.2) is 0 Å². The Labute approximate surface area is 123 Å². The number of carbonyl (C=O) groups is 1. The molecule has 110 valence electrons. The molecule has 1 atom stereocenters. The molecule has 3 rings (SSSR count). The first-order chi connectivity index (χ1) is 10.1. The normalized spacial score (nSPS) is 17.1. The van der Waals surface area contributed by atoms with Crippen LogP contribution in [0.5, 0.6) is 0 Å². The van der Waals surface area contributed by atoms with Crippen molar-refractivity contribution in [3.8, 4) is 0 Å². The Hall–Kier alpha value is -2.37. The highest BCUT2D eigenvalue weighted by Crippen LogP contribution is 2.14. The predicted molar refractivity (Wildman–Crippen MR) is 80.4 cm³/mol. The molecule has 0 bridgehead atoms. The molecule has 0 spiro atoms. The van der Waals surface area contributed by atoms with Crippen LogP contribution in [0.4, 0.5) is 5.82 Å². The summed E-state index contributed by atoms with van der Waals surface area (Å²) in [4.78, 5) is 22.7. The third kappa shape index (κ3) is 2.89. The van der Waals surface area contributed by atoms with Crippen molar-refractivity contribution in [2.45, 2.75) is 25.4 Å². The lowest BCUT2D eigenvalue weighted by molar-refractivity contribution is 0.0927. The number of imidazole rings is 1. The Morgan fingerprint density at radius 2 is 2.24 bits per heavy atom. The van der Waals surface area contributed by atoms with Crippen LogP contribution in [0.3, 0.4) is 0 Å². The molecule has 0 saturated carbocycles.